The van der Waals surface area contributed by atoms with Gasteiger partial charge in [-0.2, -0.15) is 0 Å². The Labute approximate surface area is 211 Å². The number of hydrogen-bond donors (Lipinski definition) is 2. The van der Waals surface area contributed by atoms with Crippen molar-refractivity contribution in [3.8, 4) is 0 Å². The first kappa shape index (κ1) is 25.4. The van der Waals surface area contributed by atoms with Gasteiger partial charge in [0.05, 0.1) is 23.7 Å². The number of likely N-dealkylation sites (tertiary alicyclic amines) is 1. The molecule has 3 aromatic rings. The average Bonchev–Trinajstić information content (AvgIpc) is 3.28. The van der Waals surface area contributed by atoms with Gasteiger partial charge in [-0.25, -0.2) is 14.1 Å². The number of aliphatic carboxylic acids is 1. The van der Waals surface area contributed by atoms with E-state index in [1.54, 1.807) is 12.1 Å². The normalized spacial score (nSPS) is 19.8. The van der Waals surface area contributed by atoms with Gasteiger partial charge < -0.3 is 20.5 Å². The number of carboxylic acids is 1. The number of rotatable bonds is 4. The molecule has 0 aliphatic carbocycles. The summed E-state index contributed by atoms with van der Waals surface area (Å²) >= 11 is 0. The molecule has 0 radical (unpaired) electrons. The van der Waals surface area contributed by atoms with E-state index in [9.17, 15) is 19.5 Å². The first-order valence-electron chi connectivity index (χ1n) is 12.3. The maximum atomic E-state index is 14.4. The SMILES string of the molecule is Cc1cccc(C)c1NC(=O)Nc1cc2ccccc2cc1C(=O)[N+]1(C(C)(C)C)CCC[C@H]1C(=O)[O-]. The Kier molecular flexibility index (Phi) is 6.62. The van der Waals surface area contributed by atoms with Gasteiger partial charge in [0.2, 0.25) is 0 Å². The highest BCUT2D eigenvalue weighted by Gasteiger charge is 2.56. The summed E-state index contributed by atoms with van der Waals surface area (Å²) in [6, 6.07) is 15.4. The van der Waals surface area contributed by atoms with Crippen LogP contribution in [-0.4, -0.2) is 40.5 Å². The van der Waals surface area contributed by atoms with Crippen LogP contribution in [0.2, 0.25) is 0 Å². The van der Waals surface area contributed by atoms with E-state index in [0.29, 0.717) is 30.8 Å². The van der Waals surface area contributed by atoms with Crippen molar-refractivity contribution in [3.05, 3.63) is 71.3 Å². The molecular formula is C29H33N3O4. The summed E-state index contributed by atoms with van der Waals surface area (Å²) in [5.41, 5.74) is 2.49. The molecule has 0 spiro atoms. The summed E-state index contributed by atoms with van der Waals surface area (Å²) in [4.78, 5) is 39.7. The van der Waals surface area contributed by atoms with Gasteiger partial charge in [-0.15, -0.1) is 0 Å². The van der Waals surface area contributed by atoms with Gasteiger partial charge in [0.25, 0.3) is 0 Å². The van der Waals surface area contributed by atoms with Crippen LogP contribution in [0.15, 0.2) is 54.6 Å². The summed E-state index contributed by atoms with van der Waals surface area (Å²) in [7, 11) is 0. The number of carboxylic acid groups (broad SMARTS) is 1. The summed E-state index contributed by atoms with van der Waals surface area (Å²) in [6.45, 7) is 9.87. The van der Waals surface area contributed by atoms with Gasteiger partial charge in [-0.1, -0.05) is 42.5 Å². The Morgan fingerprint density at radius 3 is 2.11 bits per heavy atom. The molecule has 1 unspecified atom stereocenters. The Morgan fingerprint density at radius 1 is 0.917 bits per heavy atom. The van der Waals surface area contributed by atoms with E-state index in [1.165, 1.54) is 0 Å². The molecule has 7 nitrogen and oxygen atoms in total. The lowest BCUT2D eigenvalue weighted by atomic mass is 9.94. The number of quaternary nitrogens is 1. The predicted octanol–water partition coefficient (Wildman–Crippen LogP) is 4.77. The fourth-order valence-electron chi connectivity index (χ4n) is 5.57. The van der Waals surface area contributed by atoms with Crippen molar-refractivity contribution in [1.82, 2.24) is 0 Å². The molecule has 4 rings (SSSR count). The number of urea groups is 1. The minimum atomic E-state index is -1.22. The molecule has 0 saturated carbocycles. The molecule has 2 N–H and O–H groups in total. The highest BCUT2D eigenvalue weighted by atomic mass is 16.4. The number of nitrogens with one attached hydrogen (secondary N) is 2. The number of aryl methyl sites for hydroxylation is 2. The van der Waals surface area contributed by atoms with E-state index >= 15 is 0 Å². The third-order valence-electron chi connectivity index (χ3n) is 7.44. The third kappa shape index (κ3) is 4.35. The zero-order chi connectivity index (χ0) is 26.3. The van der Waals surface area contributed by atoms with Crippen LogP contribution in [0.1, 0.15) is 55.1 Å². The number of benzene rings is 3. The van der Waals surface area contributed by atoms with Crippen LogP contribution < -0.4 is 15.7 Å². The van der Waals surface area contributed by atoms with E-state index < -0.39 is 23.6 Å². The molecule has 3 amide bonds. The van der Waals surface area contributed by atoms with E-state index in [0.717, 1.165) is 21.9 Å². The Hall–Kier alpha value is -3.71. The number of carbonyl (C=O) groups is 3. The van der Waals surface area contributed by atoms with Crippen LogP contribution in [0.4, 0.5) is 16.2 Å². The molecule has 36 heavy (non-hydrogen) atoms. The number of carbonyl (C=O) groups excluding carboxylic acids is 3. The standard InChI is InChI=1S/C29H33N3O4/c1-18-10-8-11-19(2)25(18)31-28(36)30-23-17-21-13-7-6-12-20(21)16-22(23)26(33)32(29(3,4)5)15-9-14-24(32)27(34)35/h6-8,10-13,16-17,24H,9,14-15H2,1-5H3,(H2-,30,31,33,34,35,36)/t24-,32?/m0/s1. The van der Waals surface area contributed by atoms with Crippen LogP contribution in [0.5, 0.6) is 0 Å². The predicted molar refractivity (Wildman–Crippen MR) is 140 cm³/mol. The fraction of sp³-hybridized carbons (Fsp3) is 0.345. The van der Waals surface area contributed by atoms with Gasteiger partial charge in [0.15, 0.2) is 0 Å². The molecule has 1 heterocycles. The van der Waals surface area contributed by atoms with Crippen molar-refractivity contribution >= 4 is 40.1 Å². The number of fused-ring (bicyclic) bond motifs is 1. The minimum absolute atomic E-state index is 0.263. The van der Waals surface area contributed by atoms with Gasteiger partial charge in [-0.3, -0.25) is 0 Å². The van der Waals surface area contributed by atoms with Gasteiger partial charge in [-0.05, 0) is 68.7 Å². The van der Waals surface area contributed by atoms with Crippen molar-refractivity contribution < 1.29 is 24.0 Å². The first-order valence-corrected chi connectivity index (χ1v) is 12.3. The topological polar surface area (TPSA) is 98.3 Å². The summed E-state index contributed by atoms with van der Waals surface area (Å²) < 4.78 is -0.263. The Balaban J connectivity index is 1.81. The number of anilines is 2. The zero-order valence-corrected chi connectivity index (χ0v) is 21.5. The molecule has 7 heteroatoms. The maximum Gasteiger partial charge on any atom is 0.348 e. The van der Waals surface area contributed by atoms with Crippen molar-refractivity contribution in [3.63, 3.8) is 0 Å². The largest absolute Gasteiger partial charge is 0.544 e. The first-order chi connectivity index (χ1) is 17.0. The van der Waals surface area contributed by atoms with Crippen LogP contribution in [0.3, 0.4) is 0 Å². The highest BCUT2D eigenvalue weighted by molar-refractivity contribution is 6.08. The number of nitrogens with zero attached hydrogens (tertiary/aromatic N) is 1. The molecular weight excluding hydrogens is 454 g/mol. The van der Waals surface area contributed by atoms with Gasteiger partial charge >= 0.3 is 11.9 Å². The molecule has 188 valence electrons. The lowest BCUT2D eigenvalue weighted by Crippen LogP contribution is -2.69. The van der Waals surface area contributed by atoms with Crippen molar-refractivity contribution in [2.75, 3.05) is 17.2 Å². The molecule has 1 aliphatic rings. The Bertz CT molecular complexity index is 1340. The van der Waals surface area contributed by atoms with Gasteiger partial charge in [0.1, 0.15) is 11.6 Å². The fourth-order valence-corrected chi connectivity index (χ4v) is 5.57. The minimum Gasteiger partial charge on any atom is -0.544 e. The van der Waals surface area contributed by atoms with Crippen LogP contribution in [0, 0.1) is 13.8 Å². The molecule has 1 fully saturated rings. The number of amides is 3. The van der Waals surface area contributed by atoms with E-state index in [2.05, 4.69) is 10.6 Å². The number of hydrogen-bond acceptors (Lipinski definition) is 4. The molecule has 3 aromatic carbocycles. The molecule has 2 atom stereocenters. The number of para-hydroxylation sites is 1. The van der Waals surface area contributed by atoms with Crippen molar-refractivity contribution in [1.29, 1.82) is 0 Å². The van der Waals surface area contributed by atoms with Crippen molar-refractivity contribution in [2.45, 2.75) is 59.0 Å². The van der Waals surface area contributed by atoms with Crippen LogP contribution in [0.25, 0.3) is 10.8 Å². The summed E-state index contributed by atoms with van der Waals surface area (Å²) in [6.07, 6.45) is 0.972. The second-order valence-electron chi connectivity index (χ2n) is 10.6. The van der Waals surface area contributed by atoms with Gasteiger partial charge in [0, 0.05) is 18.5 Å². The Morgan fingerprint density at radius 2 is 1.53 bits per heavy atom. The molecule has 1 aliphatic heterocycles. The van der Waals surface area contributed by atoms with E-state index in [-0.39, 0.29) is 16.0 Å². The lowest BCUT2D eigenvalue weighted by Gasteiger charge is -2.47. The average molecular weight is 488 g/mol. The monoisotopic (exact) mass is 487 g/mol. The quantitative estimate of drug-likeness (QED) is 0.518. The zero-order valence-electron chi connectivity index (χ0n) is 21.5. The molecule has 0 bridgehead atoms. The smallest absolute Gasteiger partial charge is 0.348 e. The second kappa shape index (κ2) is 9.39. The molecule has 1 saturated heterocycles. The van der Waals surface area contributed by atoms with Crippen molar-refractivity contribution in [2.24, 2.45) is 0 Å². The summed E-state index contributed by atoms with van der Waals surface area (Å²) in [5, 5.41) is 19.7. The van der Waals surface area contributed by atoms with E-state index in [1.807, 2.05) is 77.1 Å². The van der Waals surface area contributed by atoms with Crippen LogP contribution >= 0.6 is 0 Å². The third-order valence-corrected chi connectivity index (χ3v) is 7.44. The highest BCUT2D eigenvalue weighted by Crippen LogP contribution is 2.40. The van der Waals surface area contributed by atoms with E-state index in [4.69, 9.17) is 0 Å². The maximum absolute atomic E-state index is 14.4. The molecule has 0 aromatic heterocycles. The lowest BCUT2D eigenvalue weighted by molar-refractivity contribution is -0.901. The second-order valence-corrected chi connectivity index (χ2v) is 10.6. The summed E-state index contributed by atoms with van der Waals surface area (Å²) in [5.74, 6) is -1.55. The van der Waals surface area contributed by atoms with Crippen LogP contribution in [-0.2, 0) is 4.79 Å².